The summed E-state index contributed by atoms with van der Waals surface area (Å²) in [6, 6.07) is 4.89. The van der Waals surface area contributed by atoms with E-state index in [1.165, 1.54) is 11.8 Å². The predicted molar refractivity (Wildman–Crippen MR) is 126 cm³/mol. The number of esters is 1. The number of rotatable bonds is 11. The molecule has 0 saturated carbocycles. The molecule has 7 nitrogen and oxygen atoms in total. The topological polar surface area (TPSA) is 95.9 Å². The van der Waals surface area contributed by atoms with Crippen molar-refractivity contribution in [1.29, 1.82) is 0 Å². The van der Waals surface area contributed by atoms with Crippen molar-refractivity contribution < 1.29 is 24.2 Å². The van der Waals surface area contributed by atoms with Crippen molar-refractivity contribution in [2.24, 2.45) is 0 Å². The Labute approximate surface area is 189 Å². The third kappa shape index (κ3) is 7.85. The quantitative estimate of drug-likeness (QED) is 0.497. The fourth-order valence-electron chi connectivity index (χ4n) is 3.09. The molecule has 174 valence electrons. The number of carbonyl (C=O) groups is 3. The van der Waals surface area contributed by atoms with E-state index in [9.17, 15) is 19.5 Å². The van der Waals surface area contributed by atoms with Gasteiger partial charge in [-0.3, -0.25) is 19.8 Å². The zero-order chi connectivity index (χ0) is 23.8. The lowest BCUT2D eigenvalue weighted by Gasteiger charge is -2.32. The fourth-order valence-corrected chi connectivity index (χ4v) is 3.56. The number of anilines is 1. The number of nitrogens with zero attached hydrogens (tertiary/aromatic N) is 1. The van der Waals surface area contributed by atoms with Crippen LogP contribution >= 0.6 is 11.8 Å². The Morgan fingerprint density at radius 1 is 1.16 bits per heavy atom. The summed E-state index contributed by atoms with van der Waals surface area (Å²) in [5.41, 5.74) is 1.52. The monoisotopic (exact) mass is 452 g/mol. The number of carbonyl (C=O) groups excluding carboxylic acids is 2. The summed E-state index contributed by atoms with van der Waals surface area (Å²) < 4.78 is 5.04. The third-order valence-corrected chi connectivity index (χ3v) is 5.64. The molecule has 31 heavy (non-hydrogen) atoms. The molecule has 0 bridgehead atoms. The highest BCUT2D eigenvalue weighted by molar-refractivity contribution is 7.98. The summed E-state index contributed by atoms with van der Waals surface area (Å²) in [6.07, 6.45) is 2.38. The highest BCUT2D eigenvalue weighted by Gasteiger charge is 2.34. The van der Waals surface area contributed by atoms with Gasteiger partial charge in [0.15, 0.2) is 0 Å². The molecule has 0 unspecified atom stereocenters. The van der Waals surface area contributed by atoms with Gasteiger partial charge in [-0.05, 0) is 62.3 Å². The summed E-state index contributed by atoms with van der Waals surface area (Å²) in [6.45, 7) is 11.4. The third-order valence-electron chi connectivity index (χ3n) is 4.99. The highest BCUT2D eigenvalue weighted by Crippen LogP contribution is 2.26. The van der Waals surface area contributed by atoms with Crippen molar-refractivity contribution in [2.45, 2.75) is 71.5 Å². The molecule has 1 aromatic carbocycles. The molecule has 0 heterocycles. The van der Waals surface area contributed by atoms with E-state index in [1.807, 2.05) is 18.4 Å². The van der Waals surface area contributed by atoms with Crippen molar-refractivity contribution in [2.75, 3.05) is 23.5 Å². The van der Waals surface area contributed by atoms with Gasteiger partial charge in [0.05, 0.1) is 12.6 Å². The van der Waals surface area contributed by atoms with Crippen molar-refractivity contribution in [3.05, 3.63) is 29.8 Å². The van der Waals surface area contributed by atoms with Crippen LogP contribution in [-0.2, 0) is 24.5 Å². The number of hydrogen-bond acceptors (Lipinski definition) is 6. The largest absolute Gasteiger partial charge is 0.480 e. The number of thioether (sulfide) groups is 1. The maximum Gasteiger partial charge on any atom is 0.326 e. The van der Waals surface area contributed by atoms with E-state index in [2.05, 4.69) is 26.1 Å². The highest BCUT2D eigenvalue weighted by atomic mass is 32.2. The molecule has 2 N–H and O–H groups in total. The maximum atomic E-state index is 13.5. The number of nitrogens with one attached hydrogen (secondary N) is 1. The molecule has 0 aliphatic carbocycles. The Kier molecular flexibility index (Phi) is 10.5. The minimum atomic E-state index is -1.10. The van der Waals surface area contributed by atoms with Gasteiger partial charge in [-0.1, -0.05) is 32.9 Å². The van der Waals surface area contributed by atoms with Crippen molar-refractivity contribution in [3.8, 4) is 0 Å². The standard InChI is InChI=1S/C23H36N2O5S/c1-8-30-22(29)15(2)24-19(13-14-31-7)20(26)25(16(3)21(27)28)18-11-9-17(10-12-18)23(4,5)6/h9-12,15-16,19,24H,8,13-14H2,1-7H3,(H,27,28)/t15-,16-,19-/m0/s1. The number of carboxylic acid groups (broad SMARTS) is 1. The molecule has 0 spiro atoms. The lowest BCUT2D eigenvalue weighted by Crippen LogP contribution is -2.55. The number of hydrogen-bond donors (Lipinski definition) is 2. The lowest BCUT2D eigenvalue weighted by atomic mass is 9.87. The second kappa shape index (κ2) is 12.1. The predicted octanol–water partition coefficient (Wildman–Crippen LogP) is 3.45. The summed E-state index contributed by atoms with van der Waals surface area (Å²) in [7, 11) is 0. The van der Waals surface area contributed by atoms with Gasteiger partial charge in [-0.25, -0.2) is 4.79 Å². The summed E-state index contributed by atoms with van der Waals surface area (Å²) in [4.78, 5) is 38.7. The fraction of sp³-hybridized carbons (Fsp3) is 0.609. The number of ether oxygens (including phenoxy) is 1. The molecule has 0 saturated heterocycles. The summed E-state index contributed by atoms with van der Waals surface area (Å²) in [5, 5.41) is 12.7. The molecule has 0 radical (unpaired) electrons. The van der Waals surface area contributed by atoms with Crippen LogP contribution in [0.4, 0.5) is 5.69 Å². The van der Waals surface area contributed by atoms with Gasteiger partial charge < -0.3 is 9.84 Å². The van der Waals surface area contributed by atoms with Gasteiger partial charge in [-0.15, -0.1) is 0 Å². The summed E-state index contributed by atoms with van der Waals surface area (Å²) in [5.74, 6) is -1.26. The van der Waals surface area contributed by atoms with E-state index >= 15 is 0 Å². The Balaban J connectivity index is 3.28. The van der Waals surface area contributed by atoms with Gasteiger partial charge in [0.1, 0.15) is 12.1 Å². The normalized spacial score (nSPS) is 14.4. The van der Waals surface area contributed by atoms with E-state index in [0.717, 1.165) is 5.56 Å². The van der Waals surface area contributed by atoms with Gasteiger partial charge >= 0.3 is 11.9 Å². The Morgan fingerprint density at radius 2 is 1.74 bits per heavy atom. The van der Waals surface area contributed by atoms with Crippen LogP contribution in [-0.4, -0.2) is 59.7 Å². The van der Waals surface area contributed by atoms with E-state index in [-0.39, 0.29) is 17.9 Å². The molecule has 1 amide bonds. The van der Waals surface area contributed by atoms with Crippen LogP contribution < -0.4 is 10.2 Å². The SMILES string of the molecule is CCOC(=O)[C@H](C)N[C@@H](CCSC)C(=O)N(c1ccc(C(C)(C)C)cc1)[C@@H](C)C(=O)O. The van der Waals surface area contributed by atoms with Gasteiger partial charge in [0.25, 0.3) is 0 Å². The minimum absolute atomic E-state index is 0.0662. The second-order valence-electron chi connectivity index (χ2n) is 8.49. The average Bonchev–Trinajstić information content (AvgIpc) is 2.70. The first-order valence-electron chi connectivity index (χ1n) is 10.5. The van der Waals surface area contributed by atoms with Crippen LogP contribution in [0.25, 0.3) is 0 Å². The van der Waals surface area contributed by atoms with Gasteiger partial charge in [0, 0.05) is 5.69 Å². The first-order chi connectivity index (χ1) is 14.4. The van der Waals surface area contributed by atoms with Crippen molar-refractivity contribution in [1.82, 2.24) is 5.32 Å². The zero-order valence-corrected chi connectivity index (χ0v) is 20.4. The Bertz CT molecular complexity index is 745. The average molecular weight is 453 g/mol. The first-order valence-corrected chi connectivity index (χ1v) is 11.9. The molecule has 1 aromatic rings. The van der Waals surface area contributed by atoms with E-state index in [0.29, 0.717) is 17.9 Å². The maximum absolute atomic E-state index is 13.5. The lowest BCUT2D eigenvalue weighted by molar-refractivity contribution is -0.146. The number of aliphatic carboxylic acids is 1. The zero-order valence-electron chi connectivity index (χ0n) is 19.6. The molecule has 3 atom stereocenters. The molecule has 1 rings (SSSR count). The molecular weight excluding hydrogens is 416 g/mol. The smallest absolute Gasteiger partial charge is 0.326 e. The minimum Gasteiger partial charge on any atom is -0.480 e. The van der Waals surface area contributed by atoms with Crippen LogP contribution in [0.3, 0.4) is 0 Å². The second-order valence-corrected chi connectivity index (χ2v) is 9.48. The molecule has 0 aliphatic rings. The Hall–Kier alpha value is -2.06. The van der Waals surface area contributed by atoms with E-state index in [4.69, 9.17) is 4.74 Å². The summed E-state index contributed by atoms with van der Waals surface area (Å²) >= 11 is 1.58. The molecule has 0 aliphatic heterocycles. The van der Waals surface area contributed by atoms with Crippen LogP contribution in [0.15, 0.2) is 24.3 Å². The van der Waals surface area contributed by atoms with Gasteiger partial charge in [-0.2, -0.15) is 11.8 Å². The Morgan fingerprint density at radius 3 is 2.19 bits per heavy atom. The number of amides is 1. The van der Waals surface area contributed by atoms with Crippen LogP contribution in [0, 0.1) is 0 Å². The first kappa shape index (κ1) is 27.0. The van der Waals surface area contributed by atoms with Crippen molar-refractivity contribution in [3.63, 3.8) is 0 Å². The number of carboxylic acids is 1. The van der Waals surface area contributed by atoms with Crippen LogP contribution in [0.1, 0.15) is 53.5 Å². The van der Waals surface area contributed by atoms with Crippen molar-refractivity contribution >= 4 is 35.3 Å². The van der Waals surface area contributed by atoms with Crippen LogP contribution in [0.5, 0.6) is 0 Å². The molecule has 8 heteroatoms. The number of benzene rings is 1. The van der Waals surface area contributed by atoms with Gasteiger partial charge in [0.2, 0.25) is 5.91 Å². The molecular formula is C23H36N2O5S. The molecule has 0 aromatic heterocycles. The molecule has 0 fully saturated rings. The van der Waals surface area contributed by atoms with E-state index in [1.54, 1.807) is 37.7 Å². The van der Waals surface area contributed by atoms with E-state index < -0.39 is 30.1 Å². The van der Waals surface area contributed by atoms with Crippen LogP contribution in [0.2, 0.25) is 0 Å².